The molecule has 0 aliphatic rings. The highest BCUT2D eigenvalue weighted by Gasteiger charge is 2.23. The van der Waals surface area contributed by atoms with Gasteiger partial charge in [-0.25, -0.2) is 0 Å². The third kappa shape index (κ3) is 20.7. The Hall–Kier alpha value is 0.577. The molecule has 0 saturated heterocycles. The average Bonchev–Trinajstić information content (AvgIpc) is 2.62. The summed E-state index contributed by atoms with van der Waals surface area (Å²) in [6, 6.07) is 0. The van der Waals surface area contributed by atoms with Crippen molar-refractivity contribution in [3.8, 4) is 0 Å². The summed E-state index contributed by atoms with van der Waals surface area (Å²) in [5, 5.41) is 1.10. The minimum atomic E-state index is -0.0821. The van der Waals surface area contributed by atoms with Gasteiger partial charge in [0, 0.05) is 18.4 Å². The number of hydrogen-bond donors (Lipinski definition) is 0. The van der Waals surface area contributed by atoms with Crippen LogP contribution in [0.5, 0.6) is 0 Å². The molecule has 1 unspecified atom stereocenters. The Kier molecular flexibility index (Phi) is 23.1. The van der Waals surface area contributed by atoms with E-state index in [0.29, 0.717) is 0 Å². The highest BCUT2D eigenvalue weighted by molar-refractivity contribution is 9.09. The van der Waals surface area contributed by atoms with Gasteiger partial charge in [0.05, 0.1) is 6.61 Å². The molecular formula is C20H41BrO3Si+. The molecule has 149 valence electrons. The van der Waals surface area contributed by atoms with Crippen LogP contribution >= 0.6 is 15.9 Å². The fourth-order valence-electron chi connectivity index (χ4n) is 2.61. The smallest absolute Gasteiger partial charge is 0.349 e. The van der Waals surface area contributed by atoms with Crippen molar-refractivity contribution in [2.45, 2.75) is 110 Å². The molecule has 0 N–H and O–H groups in total. The SMILES string of the molecule is CCCCCCCCCCOC(CCC)O[Si+]OCCCCCCBr. The van der Waals surface area contributed by atoms with Gasteiger partial charge in [0.2, 0.25) is 0 Å². The second kappa shape index (κ2) is 22.6. The van der Waals surface area contributed by atoms with Crippen molar-refractivity contribution in [1.82, 2.24) is 0 Å². The van der Waals surface area contributed by atoms with Crippen LogP contribution in [0.3, 0.4) is 0 Å². The van der Waals surface area contributed by atoms with Crippen LogP contribution in [0.2, 0.25) is 0 Å². The molecule has 0 aromatic rings. The summed E-state index contributed by atoms with van der Waals surface area (Å²) in [7, 11) is 0.112. The van der Waals surface area contributed by atoms with Crippen LogP contribution in [-0.4, -0.2) is 34.8 Å². The van der Waals surface area contributed by atoms with Crippen molar-refractivity contribution in [3.63, 3.8) is 0 Å². The summed E-state index contributed by atoms with van der Waals surface area (Å²) >= 11 is 3.46. The van der Waals surface area contributed by atoms with Crippen molar-refractivity contribution >= 4 is 25.9 Å². The van der Waals surface area contributed by atoms with Crippen molar-refractivity contribution < 1.29 is 13.6 Å². The average molecular weight is 438 g/mol. The third-order valence-corrected chi connectivity index (χ3v) is 5.44. The quantitative estimate of drug-likeness (QED) is 0.0856. The largest absolute Gasteiger partial charge is 0.884 e. The summed E-state index contributed by atoms with van der Waals surface area (Å²) in [5.41, 5.74) is 0. The predicted molar refractivity (Wildman–Crippen MR) is 112 cm³/mol. The van der Waals surface area contributed by atoms with Gasteiger partial charge in [0.1, 0.15) is 0 Å². The molecule has 0 aromatic heterocycles. The van der Waals surface area contributed by atoms with Gasteiger partial charge in [-0.15, -0.1) is 0 Å². The highest BCUT2D eigenvalue weighted by atomic mass is 79.9. The van der Waals surface area contributed by atoms with Gasteiger partial charge in [-0.2, -0.15) is 8.85 Å². The Balaban J connectivity index is 3.42. The molecule has 0 spiro atoms. The Labute approximate surface area is 168 Å². The lowest BCUT2D eigenvalue weighted by Crippen LogP contribution is -2.21. The van der Waals surface area contributed by atoms with Crippen molar-refractivity contribution in [2.24, 2.45) is 0 Å². The van der Waals surface area contributed by atoms with Crippen LogP contribution in [0.15, 0.2) is 0 Å². The number of alkyl halides is 1. The van der Waals surface area contributed by atoms with Gasteiger partial charge in [-0.05, 0) is 19.3 Å². The van der Waals surface area contributed by atoms with E-state index < -0.39 is 0 Å². The van der Waals surface area contributed by atoms with Crippen LogP contribution in [0.25, 0.3) is 0 Å². The lowest BCUT2D eigenvalue weighted by Gasteiger charge is -2.11. The lowest BCUT2D eigenvalue weighted by atomic mass is 10.1. The van der Waals surface area contributed by atoms with Crippen molar-refractivity contribution in [2.75, 3.05) is 18.5 Å². The second-order valence-electron chi connectivity index (χ2n) is 6.72. The summed E-state index contributed by atoms with van der Waals surface area (Å²) in [6.07, 6.45) is 17.5. The normalized spacial score (nSPS) is 12.4. The van der Waals surface area contributed by atoms with E-state index in [0.717, 1.165) is 44.2 Å². The van der Waals surface area contributed by atoms with Crippen molar-refractivity contribution in [1.29, 1.82) is 0 Å². The first-order chi connectivity index (χ1) is 12.3. The molecule has 0 fully saturated rings. The number of halogens is 1. The van der Waals surface area contributed by atoms with Crippen molar-refractivity contribution in [3.05, 3.63) is 0 Å². The molecular weight excluding hydrogens is 396 g/mol. The lowest BCUT2D eigenvalue weighted by molar-refractivity contribution is -0.0936. The molecule has 3 nitrogen and oxygen atoms in total. The molecule has 0 bridgehead atoms. The molecule has 1 radical (unpaired) electrons. The predicted octanol–water partition coefficient (Wildman–Crippen LogP) is 6.79. The first kappa shape index (κ1) is 25.6. The molecule has 0 rings (SSSR count). The summed E-state index contributed by atoms with van der Waals surface area (Å²) < 4.78 is 17.2. The molecule has 5 heteroatoms. The summed E-state index contributed by atoms with van der Waals surface area (Å²) in [4.78, 5) is 0. The van der Waals surface area contributed by atoms with E-state index in [1.54, 1.807) is 0 Å². The number of hydrogen-bond acceptors (Lipinski definition) is 3. The van der Waals surface area contributed by atoms with Gasteiger partial charge in [0.25, 0.3) is 0 Å². The maximum Gasteiger partial charge on any atom is 0.884 e. The molecule has 0 heterocycles. The maximum atomic E-state index is 5.89. The van der Waals surface area contributed by atoms with E-state index in [4.69, 9.17) is 13.6 Å². The Morgan fingerprint density at radius 2 is 1.32 bits per heavy atom. The zero-order valence-corrected chi connectivity index (χ0v) is 19.3. The van der Waals surface area contributed by atoms with Gasteiger partial charge >= 0.3 is 10.0 Å². The Morgan fingerprint density at radius 3 is 1.96 bits per heavy atom. The Bertz CT molecular complexity index is 245. The molecule has 0 aliphatic heterocycles. The van der Waals surface area contributed by atoms with E-state index >= 15 is 0 Å². The number of ether oxygens (including phenoxy) is 1. The zero-order valence-electron chi connectivity index (χ0n) is 16.7. The minimum Gasteiger partial charge on any atom is -0.349 e. The molecule has 0 amide bonds. The van der Waals surface area contributed by atoms with E-state index in [1.165, 1.54) is 64.2 Å². The van der Waals surface area contributed by atoms with Gasteiger partial charge < -0.3 is 4.74 Å². The molecule has 0 saturated carbocycles. The van der Waals surface area contributed by atoms with E-state index in [-0.39, 0.29) is 16.3 Å². The highest BCUT2D eigenvalue weighted by Crippen LogP contribution is 2.10. The van der Waals surface area contributed by atoms with Crippen LogP contribution in [0.1, 0.15) is 104 Å². The number of unbranched alkanes of at least 4 members (excludes halogenated alkanes) is 10. The van der Waals surface area contributed by atoms with Gasteiger partial charge in [0.15, 0.2) is 6.29 Å². The van der Waals surface area contributed by atoms with E-state index in [1.807, 2.05) is 0 Å². The van der Waals surface area contributed by atoms with E-state index in [9.17, 15) is 0 Å². The van der Waals surface area contributed by atoms with Crippen LogP contribution in [0, 0.1) is 0 Å². The Morgan fingerprint density at radius 1 is 0.720 bits per heavy atom. The first-order valence-electron chi connectivity index (χ1n) is 10.5. The molecule has 25 heavy (non-hydrogen) atoms. The second-order valence-corrected chi connectivity index (χ2v) is 8.20. The summed E-state index contributed by atoms with van der Waals surface area (Å²) in [6.45, 7) is 6.06. The minimum absolute atomic E-state index is 0.0821. The van der Waals surface area contributed by atoms with Gasteiger partial charge in [-0.1, -0.05) is 94.0 Å². The first-order valence-corrected chi connectivity index (χ1v) is 12.5. The number of rotatable bonds is 21. The van der Waals surface area contributed by atoms with Gasteiger partial charge in [-0.3, -0.25) is 0 Å². The van der Waals surface area contributed by atoms with Crippen LogP contribution in [-0.2, 0) is 13.6 Å². The zero-order chi connectivity index (χ0) is 18.4. The summed E-state index contributed by atoms with van der Waals surface area (Å²) in [5.74, 6) is 0. The topological polar surface area (TPSA) is 27.7 Å². The maximum absolute atomic E-state index is 5.89. The van der Waals surface area contributed by atoms with E-state index in [2.05, 4.69) is 29.8 Å². The molecule has 0 aromatic carbocycles. The standard InChI is InChI=1S/C20H41BrO3Si/c1-3-5-6-7-8-9-11-14-18-22-20(16-4-2)24-25-23-19-15-12-10-13-17-21/h20H,3-19H2,1-2H3/q+1. The fraction of sp³-hybridized carbons (Fsp3) is 1.00. The van der Waals surface area contributed by atoms with Crippen LogP contribution in [0.4, 0.5) is 0 Å². The molecule has 1 atom stereocenters. The monoisotopic (exact) mass is 436 g/mol. The fourth-order valence-corrected chi connectivity index (χ4v) is 3.60. The third-order valence-electron chi connectivity index (χ3n) is 4.19. The molecule has 0 aliphatic carbocycles. The van der Waals surface area contributed by atoms with Crippen LogP contribution < -0.4 is 0 Å².